The lowest BCUT2D eigenvalue weighted by molar-refractivity contribution is 0.0983. The van der Waals surface area contributed by atoms with Crippen molar-refractivity contribution >= 4 is 56.0 Å². The molecule has 0 atom stereocenters. The van der Waals surface area contributed by atoms with Gasteiger partial charge in [-0.25, -0.2) is 4.98 Å². The number of hydrogen-bond donors (Lipinski definition) is 0. The molecule has 1 aromatic heterocycles. The van der Waals surface area contributed by atoms with Crippen molar-refractivity contribution in [2.75, 3.05) is 36.8 Å². The van der Waals surface area contributed by atoms with E-state index in [2.05, 4.69) is 25.7 Å². The zero-order valence-electron chi connectivity index (χ0n) is 17.9. The molecule has 0 spiro atoms. The Morgan fingerprint density at radius 1 is 1.07 bits per heavy atom. The second-order valence-corrected chi connectivity index (χ2v) is 9.70. The molecule has 30 heavy (non-hydrogen) atoms. The summed E-state index contributed by atoms with van der Waals surface area (Å²) >= 11 is 9.68. The molecule has 0 bridgehead atoms. The Kier molecular flexibility index (Phi) is 8.17. The van der Waals surface area contributed by atoms with E-state index in [0.717, 1.165) is 41.2 Å². The Morgan fingerprint density at radius 3 is 2.37 bits per heavy atom. The fraction of sp³-hybridized carbons (Fsp3) is 0.391. The van der Waals surface area contributed by atoms with Gasteiger partial charge in [-0.1, -0.05) is 49.8 Å². The number of carbonyl (C=O) groups is 1. The molecule has 0 saturated carbocycles. The van der Waals surface area contributed by atoms with Gasteiger partial charge in [0.1, 0.15) is 0 Å². The molecular formula is C23H28ClN3OS2. The van der Waals surface area contributed by atoms with Crippen LogP contribution in [0.15, 0.2) is 41.3 Å². The molecule has 0 aliphatic rings. The van der Waals surface area contributed by atoms with E-state index in [4.69, 9.17) is 16.6 Å². The van der Waals surface area contributed by atoms with Gasteiger partial charge in [0.15, 0.2) is 5.13 Å². The molecule has 0 aliphatic heterocycles. The maximum atomic E-state index is 13.5. The number of carbonyl (C=O) groups excluding carboxylic acids is 1. The number of nitrogens with zero attached hydrogens (tertiary/aromatic N) is 3. The number of anilines is 1. The maximum Gasteiger partial charge on any atom is 0.260 e. The Labute approximate surface area is 192 Å². The minimum Gasteiger partial charge on any atom is -0.302 e. The zero-order valence-corrected chi connectivity index (χ0v) is 20.3. The third kappa shape index (κ3) is 5.17. The molecule has 7 heteroatoms. The van der Waals surface area contributed by atoms with Crippen molar-refractivity contribution in [2.45, 2.75) is 32.6 Å². The highest BCUT2D eigenvalue weighted by molar-refractivity contribution is 7.99. The number of rotatable bonds is 9. The summed E-state index contributed by atoms with van der Waals surface area (Å²) in [4.78, 5) is 23.6. The number of fused-ring (bicyclic) bond motifs is 1. The molecule has 0 radical (unpaired) electrons. The number of aryl methyl sites for hydroxylation is 1. The number of amides is 1. The van der Waals surface area contributed by atoms with Crippen LogP contribution in [-0.2, 0) is 0 Å². The van der Waals surface area contributed by atoms with Crippen LogP contribution in [0.25, 0.3) is 10.2 Å². The highest BCUT2D eigenvalue weighted by Crippen LogP contribution is 2.36. The third-order valence-electron chi connectivity index (χ3n) is 5.11. The van der Waals surface area contributed by atoms with E-state index < -0.39 is 0 Å². The summed E-state index contributed by atoms with van der Waals surface area (Å²) in [6, 6.07) is 11.7. The molecule has 1 amide bonds. The van der Waals surface area contributed by atoms with Gasteiger partial charge in [0, 0.05) is 23.5 Å². The van der Waals surface area contributed by atoms with Crippen LogP contribution in [0.5, 0.6) is 0 Å². The Hall–Kier alpha value is -1.60. The van der Waals surface area contributed by atoms with Crippen molar-refractivity contribution in [3.63, 3.8) is 0 Å². The van der Waals surface area contributed by atoms with Crippen LogP contribution < -0.4 is 4.90 Å². The predicted molar refractivity (Wildman–Crippen MR) is 132 cm³/mol. The fourth-order valence-corrected chi connectivity index (χ4v) is 5.29. The average Bonchev–Trinajstić information content (AvgIpc) is 3.21. The number of benzene rings is 2. The van der Waals surface area contributed by atoms with E-state index in [1.54, 1.807) is 16.7 Å². The zero-order chi connectivity index (χ0) is 21.7. The van der Waals surface area contributed by atoms with Gasteiger partial charge in [0.05, 0.1) is 15.2 Å². The first-order valence-electron chi connectivity index (χ1n) is 10.3. The van der Waals surface area contributed by atoms with Crippen molar-refractivity contribution in [2.24, 2.45) is 0 Å². The summed E-state index contributed by atoms with van der Waals surface area (Å²) in [6.45, 7) is 11.7. The van der Waals surface area contributed by atoms with E-state index in [1.807, 2.05) is 43.3 Å². The quantitative estimate of drug-likeness (QED) is 0.347. The van der Waals surface area contributed by atoms with Gasteiger partial charge in [0.2, 0.25) is 0 Å². The van der Waals surface area contributed by atoms with E-state index in [1.165, 1.54) is 16.2 Å². The standard InChI is InChI=1S/C23H28ClN3OS2/c1-5-26(6-2)14-15-27(22(28)17-9-11-18(12-10-17)29-7-3)23-25-20-16(4)8-13-19(24)21(20)30-23/h8-13H,5-7,14-15H2,1-4H3. The summed E-state index contributed by atoms with van der Waals surface area (Å²) < 4.78 is 0.932. The van der Waals surface area contributed by atoms with Crippen LogP contribution in [0.1, 0.15) is 36.7 Å². The Bertz CT molecular complexity index is 961. The van der Waals surface area contributed by atoms with Gasteiger partial charge in [-0.15, -0.1) is 11.8 Å². The van der Waals surface area contributed by atoms with Crippen molar-refractivity contribution in [3.05, 3.63) is 52.5 Å². The van der Waals surface area contributed by atoms with Crippen LogP contribution >= 0.6 is 34.7 Å². The number of likely N-dealkylation sites (N-methyl/N-ethyl adjacent to an activating group) is 1. The molecule has 160 valence electrons. The van der Waals surface area contributed by atoms with Crippen LogP contribution in [0.4, 0.5) is 5.13 Å². The smallest absolute Gasteiger partial charge is 0.260 e. The number of hydrogen-bond acceptors (Lipinski definition) is 5. The second kappa shape index (κ2) is 10.6. The number of halogens is 1. The molecule has 2 aromatic carbocycles. The lowest BCUT2D eigenvalue weighted by Crippen LogP contribution is -2.38. The molecule has 1 heterocycles. The minimum atomic E-state index is -0.0250. The molecule has 0 saturated heterocycles. The maximum absolute atomic E-state index is 13.5. The minimum absolute atomic E-state index is 0.0250. The highest BCUT2D eigenvalue weighted by atomic mass is 35.5. The van der Waals surface area contributed by atoms with E-state index in [9.17, 15) is 4.79 Å². The average molecular weight is 462 g/mol. The van der Waals surface area contributed by atoms with Gasteiger partial charge < -0.3 is 4.90 Å². The van der Waals surface area contributed by atoms with E-state index >= 15 is 0 Å². The highest BCUT2D eigenvalue weighted by Gasteiger charge is 2.23. The van der Waals surface area contributed by atoms with Gasteiger partial charge in [-0.05, 0) is 61.7 Å². The molecule has 0 unspecified atom stereocenters. The van der Waals surface area contributed by atoms with Gasteiger partial charge in [-0.3, -0.25) is 9.69 Å². The second-order valence-electron chi connectivity index (χ2n) is 6.98. The Morgan fingerprint density at radius 2 is 1.77 bits per heavy atom. The molecule has 0 N–H and O–H groups in total. The number of thioether (sulfide) groups is 1. The molecule has 0 fully saturated rings. The summed E-state index contributed by atoms with van der Waals surface area (Å²) in [6.07, 6.45) is 0. The van der Waals surface area contributed by atoms with Gasteiger partial charge in [-0.2, -0.15) is 0 Å². The summed E-state index contributed by atoms with van der Waals surface area (Å²) in [5.41, 5.74) is 2.61. The fourth-order valence-electron chi connectivity index (χ4n) is 3.29. The van der Waals surface area contributed by atoms with Crippen LogP contribution in [0.3, 0.4) is 0 Å². The molecule has 3 aromatic rings. The molecule has 3 rings (SSSR count). The summed E-state index contributed by atoms with van der Waals surface area (Å²) in [7, 11) is 0. The summed E-state index contributed by atoms with van der Waals surface area (Å²) in [5.74, 6) is 0.984. The number of thiazole rings is 1. The van der Waals surface area contributed by atoms with Crippen molar-refractivity contribution < 1.29 is 4.79 Å². The first-order valence-corrected chi connectivity index (χ1v) is 12.5. The van der Waals surface area contributed by atoms with Crippen LogP contribution in [0, 0.1) is 6.92 Å². The SMILES string of the molecule is CCSc1ccc(C(=O)N(CCN(CC)CC)c2nc3c(C)ccc(Cl)c3s2)cc1. The topological polar surface area (TPSA) is 36.4 Å². The van der Waals surface area contributed by atoms with Crippen LogP contribution in [0.2, 0.25) is 5.02 Å². The van der Waals surface area contributed by atoms with Crippen molar-refractivity contribution in [1.82, 2.24) is 9.88 Å². The lowest BCUT2D eigenvalue weighted by atomic mass is 10.2. The largest absolute Gasteiger partial charge is 0.302 e. The third-order valence-corrected chi connectivity index (χ3v) is 7.54. The van der Waals surface area contributed by atoms with E-state index in [0.29, 0.717) is 22.3 Å². The normalized spacial score (nSPS) is 11.4. The number of aromatic nitrogens is 1. The molecule has 0 aliphatic carbocycles. The predicted octanol–water partition coefficient (Wildman–Crippen LogP) is 6.36. The Balaban J connectivity index is 1.96. The molecular weight excluding hydrogens is 434 g/mol. The lowest BCUT2D eigenvalue weighted by Gasteiger charge is -2.24. The monoisotopic (exact) mass is 461 g/mol. The van der Waals surface area contributed by atoms with Gasteiger partial charge in [0.25, 0.3) is 5.91 Å². The summed E-state index contributed by atoms with van der Waals surface area (Å²) in [5, 5.41) is 1.38. The van der Waals surface area contributed by atoms with Crippen molar-refractivity contribution in [3.8, 4) is 0 Å². The van der Waals surface area contributed by atoms with E-state index in [-0.39, 0.29) is 5.91 Å². The first kappa shape index (κ1) is 23.1. The van der Waals surface area contributed by atoms with Crippen molar-refractivity contribution in [1.29, 1.82) is 0 Å². The van der Waals surface area contributed by atoms with Crippen LogP contribution in [-0.4, -0.2) is 47.7 Å². The van der Waals surface area contributed by atoms with Gasteiger partial charge >= 0.3 is 0 Å². The molecule has 4 nitrogen and oxygen atoms in total. The first-order chi connectivity index (χ1) is 14.5.